The van der Waals surface area contributed by atoms with Gasteiger partial charge in [0.05, 0.1) is 29.6 Å². The molecule has 0 atom stereocenters. The summed E-state index contributed by atoms with van der Waals surface area (Å²) in [6.07, 6.45) is 1.34. The van der Waals surface area contributed by atoms with Crippen LogP contribution < -0.4 is 10.1 Å². The van der Waals surface area contributed by atoms with Crippen molar-refractivity contribution in [2.45, 2.75) is 0 Å². The summed E-state index contributed by atoms with van der Waals surface area (Å²) in [5, 5.41) is 28.9. The van der Waals surface area contributed by atoms with Crippen LogP contribution in [0.25, 0.3) is 11.3 Å². The van der Waals surface area contributed by atoms with Crippen molar-refractivity contribution in [3.05, 3.63) is 53.2 Å². The predicted octanol–water partition coefficient (Wildman–Crippen LogP) is 3.40. The highest BCUT2D eigenvalue weighted by Crippen LogP contribution is 2.37. The number of carbonyl (C=O) groups is 1. The van der Waals surface area contributed by atoms with Gasteiger partial charge in [0.25, 0.3) is 5.91 Å². The van der Waals surface area contributed by atoms with Gasteiger partial charge in [0.1, 0.15) is 17.2 Å². The Bertz CT molecular complexity index is 922. The molecule has 2 aromatic carbocycles. The summed E-state index contributed by atoms with van der Waals surface area (Å²) in [5.41, 5.74) is 1.32. The number of phenolic OH excluding ortho intramolecular Hbond substituents is 2. The van der Waals surface area contributed by atoms with E-state index in [1.807, 2.05) is 0 Å². The van der Waals surface area contributed by atoms with Crippen molar-refractivity contribution >= 4 is 23.2 Å². The molecule has 25 heavy (non-hydrogen) atoms. The number of phenols is 2. The maximum absolute atomic E-state index is 12.5. The summed E-state index contributed by atoms with van der Waals surface area (Å²) >= 11 is 5.89. The van der Waals surface area contributed by atoms with E-state index in [0.29, 0.717) is 11.4 Å². The van der Waals surface area contributed by atoms with Gasteiger partial charge >= 0.3 is 0 Å². The average Bonchev–Trinajstić information content (AvgIpc) is 3.08. The molecule has 1 heterocycles. The van der Waals surface area contributed by atoms with E-state index in [4.69, 9.17) is 16.3 Å². The number of aromatic nitrogens is 2. The lowest BCUT2D eigenvalue weighted by Gasteiger charge is -2.09. The van der Waals surface area contributed by atoms with Crippen molar-refractivity contribution in [3.63, 3.8) is 0 Å². The van der Waals surface area contributed by atoms with Gasteiger partial charge in [-0.25, -0.2) is 0 Å². The summed E-state index contributed by atoms with van der Waals surface area (Å²) in [6, 6.07) is 9.29. The fourth-order valence-corrected chi connectivity index (χ4v) is 2.45. The first kappa shape index (κ1) is 16.7. The van der Waals surface area contributed by atoms with Crippen LogP contribution in [-0.2, 0) is 0 Å². The molecule has 7 nitrogen and oxygen atoms in total. The van der Waals surface area contributed by atoms with Gasteiger partial charge < -0.3 is 20.3 Å². The second kappa shape index (κ2) is 6.74. The molecule has 128 valence electrons. The number of ether oxygens (including phenoxy) is 1. The number of H-pyrrole nitrogens is 1. The van der Waals surface area contributed by atoms with Crippen molar-refractivity contribution in [2.75, 3.05) is 12.4 Å². The second-order valence-corrected chi connectivity index (χ2v) is 5.57. The fourth-order valence-electron chi connectivity index (χ4n) is 2.29. The van der Waals surface area contributed by atoms with E-state index in [9.17, 15) is 15.0 Å². The summed E-state index contributed by atoms with van der Waals surface area (Å²) < 4.78 is 5.07. The predicted molar refractivity (Wildman–Crippen MR) is 93.3 cm³/mol. The van der Waals surface area contributed by atoms with E-state index in [1.165, 1.54) is 12.3 Å². The zero-order chi connectivity index (χ0) is 18.0. The van der Waals surface area contributed by atoms with Crippen LogP contribution in [0.4, 0.5) is 5.69 Å². The quantitative estimate of drug-likeness (QED) is 0.571. The Labute approximate surface area is 147 Å². The molecule has 0 unspecified atom stereocenters. The van der Waals surface area contributed by atoms with Gasteiger partial charge in [-0.15, -0.1) is 0 Å². The van der Waals surface area contributed by atoms with Gasteiger partial charge in [-0.3, -0.25) is 9.89 Å². The minimum Gasteiger partial charge on any atom is -0.507 e. The van der Waals surface area contributed by atoms with Gasteiger partial charge in [-0.2, -0.15) is 5.10 Å². The first-order valence-corrected chi connectivity index (χ1v) is 7.58. The van der Waals surface area contributed by atoms with Crippen LogP contribution in [0.15, 0.2) is 42.6 Å². The first-order valence-electron chi connectivity index (χ1n) is 7.20. The number of aromatic amines is 1. The van der Waals surface area contributed by atoms with Crippen LogP contribution in [-0.4, -0.2) is 33.4 Å². The lowest BCUT2D eigenvalue weighted by atomic mass is 10.1. The third-order valence-corrected chi connectivity index (χ3v) is 3.87. The van der Waals surface area contributed by atoms with Gasteiger partial charge in [-0.1, -0.05) is 11.6 Å². The molecule has 0 fully saturated rings. The normalized spacial score (nSPS) is 10.5. The minimum absolute atomic E-state index is 0.0453. The Morgan fingerprint density at radius 1 is 1.20 bits per heavy atom. The van der Waals surface area contributed by atoms with Crippen molar-refractivity contribution in [1.82, 2.24) is 10.2 Å². The number of anilines is 1. The minimum atomic E-state index is -0.419. The molecule has 0 spiro atoms. The largest absolute Gasteiger partial charge is 0.507 e. The number of nitrogens with zero attached hydrogens (tertiary/aromatic N) is 1. The molecule has 0 aliphatic rings. The number of amides is 1. The van der Waals surface area contributed by atoms with Crippen LogP contribution in [0.1, 0.15) is 10.4 Å². The van der Waals surface area contributed by atoms with Crippen LogP contribution in [0, 0.1) is 0 Å². The number of benzene rings is 2. The molecule has 4 N–H and O–H groups in total. The van der Waals surface area contributed by atoms with Crippen molar-refractivity contribution < 1.29 is 19.7 Å². The molecule has 0 aliphatic heterocycles. The molecular formula is C17H14ClN3O4. The first-order chi connectivity index (χ1) is 12.0. The molecule has 8 heteroatoms. The van der Waals surface area contributed by atoms with Crippen molar-refractivity contribution in [3.8, 4) is 28.5 Å². The summed E-state index contributed by atoms with van der Waals surface area (Å²) in [7, 11) is 1.56. The Morgan fingerprint density at radius 2 is 1.92 bits per heavy atom. The van der Waals surface area contributed by atoms with E-state index < -0.39 is 5.91 Å². The molecule has 0 bridgehead atoms. The number of nitrogens with one attached hydrogen (secondary N) is 2. The van der Waals surface area contributed by atoms with Crippen LogP contribution in [0.3, 0.4) is 0 Å². The molecule has 3 aromatic rings. The third-order valence-electron chi connectivity index (χ3n) is 3.57. The smallest absolute Gasteiger partial charge is 0.259 e. The Hall–Kier alpha value is -3.19. The Kier molecular flexibility index (Phi) is 4.49. The number of carbonyl (C=O) groups excluding carboxylic acids is 1. The molecule has 0 radical (unpaired) electrons. The van der Waals surface area contributed by atoms with Crippen LogP contribution in [0.2, 0.25) is 5.02 Å². The highest BCUT2D eigenvalue weighted by Gasteiger charge is 2.19. The number of hydrogen-bond acceptors (Lipinski definition) is 5. The van der Waals surface area contributed by atoms with Gasteiger partial charge in [0.15, 0.2) is 0 Å². The van der Waals surface area contributed by atoms with Crippen LogP contribution >= 0.6 is 11.6 Å². The molecule has 3 rings (SSSR count). The lowest BCUT2D eigenvalue weighted by molar-refractivity contribution is 0.102. The van der Waals surface area contributed by atoms with E-state index in [2.05, 4.69) is 15.5 Å². The lowest BCUT2D eigenvalue weighted by Crippen LogP contribution is -2.12. The van der Waals surface area contributed by atoms with E-state index in [0.717, 1.165) is 6.07 Å². The van der Waals surface area contributed by atoms with Gasteiger partial charge in [-0.05, 0) is 30.3 Å². The third kappa shape index (κ3) is 3.36. The summed E-state index contributed by atoms with van der Waals surface area (Å²) in [6.45, 7) is 0. The fraction of sp³-hybridized carbons (Fsp3) is 0.0588. The van der Waals surface area contributed by atoms with Crippen molar-refractivity contribution in [2.24, 2.45) is 0 Å². The Morgan fingerprint density at radius 3 is 2.60 bits per heavy atom. The number of aromatic hydroxyl groups is 2. The van der Waals surface area contributed by atoms with E-state index in [-0.39, 0.29) is 33.3 Å². The Balaban J connectivity index is 1.90. The zero-order valence-corrected chi connectivity index (χ0v) is 13.8. The maximum atomic E-state index is 12.5. The molecule has 0 saturated carbocycles. The SMILES string of the molecule is COc1ccc(NC(=O)c2cn[nH]c2-c2cc(Cl)c(O)cc2O)cc1. The number of rotatable bonds is 4. The topological polar surface area (TPSA) is 107 Å². The molecule has 0 aliphatic carbocycles. The monoisotopic (exact) mass is 359 g/mol. The van der Waals surface area contributed by atoms with E-state index in [1.54, 1.807) is 31.4 Å². The molecule has 0 saturated heterocycles. The number of hydrogen-bond donors (Lipinski definition) is 4. The number of methoxy groups -OCH3 is 1. The summed E-state index contributed by atoms with van der Waals surface area (Å²) in [4.78, 5) is 12.5. The van der Waals surface area contributed by atoms with E-state index >= 15 is 0 Å². The number of halogens is 1. The van der Waals surface area contributed by atoms with Crippen LogP contribution in [0.5, 0.6) is 17.2 Å². The average molecular weight is 360 g/mol. The molecular weight excluding hydrogens is 346 g/mol. The zero-order valence-electron chi connectivity index (χ0n) is 13.1. The standard InChI is InChI=1S/C17H14ClN3O4/c1-25-10-4-2-9(3-5-10)20-17(24)12-8-19-21-16(12)11-6-13(18)15(23)7-14(11)22/h2-8,22-23H,1H3,(H,19,21)(H,20,24). The van der Waals surface area contributed by atoms with Crippen molar-refractivity contribution in [1.29, 1.82) is 0 Å². The molecule has 1 aromatic heterocycles. The highest BCUT2D eigenvalue weighted by molar-refractivity contribution is 6.32. The summed E-state index contributed by atoms with van der Waals surface area (Å²) in [5.74, 6) is -0.237. The molecule has 1 amide bonds. The second-order valence-electron chi connectivity index (χ2n) is 5.16. The highest BCUT2D eigenvalue weighted by atomic mass is 35.5. The van der Waals surface area contributed by atoms with Gasteiger partial charge in [0.2, 0.25) is 0 Å². The maximum Gasteiger partial charge on any atom is 0.259 e. The van der Waals surface area contributed by atoms with Gasteiger partial charge in [0, 0.05) is 17.3 Å².